The first-order valence-electron chi connectivity index (χ1n) is 5.84. The van der Waals surface area contributed by atoms with Crippen molar-refractivity contribution in [2.24, 2.45) is 0 Å². The van der Waals surface area contributed by atoms with Crippen molar-refractivity contribution < 1.29 is 4.79 Å². The van der Waals surface area contributed by atoms with Gasteiger partial charge in [0.15, 0.2) is 0 Å². The van der Waals surface area contributed by atoms with Crippen molar-refractivity contribution in [2.75, 3.05) is 6.54 Å². The minimum Gasteiger partial charge on any atom is -0.319 e. The topological polar surface area (TPSA) is 32.3 Å². The molecule has 4 heteroatoms. The Bertz CT molecular complexity index is 346. The van der Waals surface area contributed by atoms with Crippen molar-refractivity contribution in [1.82, 2.24) is 10.2 Å². The predicted octanol–water partition coefficient (Wildman–Crippen LogP) is 2.37. The van der Waals surface area contributed by atoms with Crippen molar-refractivity contribution in [3.05, 3.63) is 22.4 Å². The summed E-state index contributed by atoms with van der Waals surface area (Å²) in [4.78, 5) is 13.9. The third-order valence-corrected chi connectivity index (χ3v) is 3.91. The van der Waals surface area contributed by atoms with E-state index in [-0.39, 0.29) is 12.1 Å². The van der Waals surface area contributed by atoms with E-state index < -0.39 is 0 Å². The summed E-state index contributed by atoms with van der Waals surface area (Å²) in [6.45, 7) is 4.76. The van der Waals surface area contributed by atoms with Gasteiger partial charge in [-0.2, -0.15) is 11.3 Å². The van der Waals surface area contributed by atoms with Crippen LogP contribution >= 0.6 is 11.3 Å². The predicted molar refractivity (Wildman–Crippen MR) is 66.3 cm³/mol. The lowest BCUT2D eigenvalue weighted by Gasteiger charge is -2.31. The fourth-order valence-corrected chi connectivity index (χ4v) is 3.00. The molecule has 0 spiro atoms. The molecule has 1 fully saturated rings. The lowest BCUT2D eigenvalue weighted by Crippen LogP contribution is -2.38. The molecule has 16 heavy (non-hydrogen) atoms. The molecule has 88 valence electrons. The van der Waals surface area contributed by atoms with Gasteiger partial charge in [0.2, 0.25) is 5.91 Å². The van der Waals surface area contributed by atoms with Crippen LogP contribution in [0.15, 0.2) is 16.8 Å². The molecule has 3 nitrogen and oxygen atoms in total. The fourth-order valence-electron chi connectivity index (χ4n) is 2.32. The molecule has 1 aromatic rings. The number of carbonyl (C=O) groups excluding carboxylic acids is 1. The molecule has 1 amide bonds. The van der Waals surface area contributed by atoms with Crippen molar-refractivity contribution in [3.8, 4) is 0 Å². The average molecular weight is 238 g/mol. The first kappa shape index (κ1) is 11.6. The van der Waals surface area contributed by atoms with Crippen molar-refractivity contribution in [3.63, 3.8) is 0 Å². The van der Waals surface area contributed by atoms with E-state index >= 15 is 0 Å². The number of carbonyl (C=O) groups is 1. The summed E-state index contributed by atoms with van der Waals surface area (Å²) in [6, 6.07) is 2.45. The Morgan fingerprint density at radius 3 is 2.88 bits per heavy atom. The van der Waals surface area contributed by atoms with E-state index in [1.165, 1.54) is 5.56 Å². The summed E-state index contributed by atoms with van der Waals surface area (Å²) in [7, 11) is 0. The highest BCUT2D eigenvalue weighted by molar-refractivity contribution is 7.07. The summed E-state index contributed by atoms with van der Waals surface area (Å²) in [5.74, 6) is 0.227. The summed E-state index contributed by atoms with van der Waals surface area (Å²) in [5.41, 5.74) is 1.21. The van der Waals surface area contributed by atoms with Crippen LogP contribution in [0.2, 0.25) is 0 Å². The van der Waals surface area contributed by atoms with Gasteiger partial charge in [-0.05, 0) is 35.2 Å². The van der Waals surface area contributed by atoms with Crippen molar-refractivity contribution >= 4 is 17.2 Å². The zero-order valence-electron chi connectivity index (χ0n) is 9.77. The molecule has 1 atom stereocenters. The van der Waals surface area contributed by atoms with Crippen molar-refractivity contribution in [2.45, 2.75) is 38.9 Å². The number of rotatable bonds is 4. The van der Waals surface area contributed by atoms with Crippen LogP contribution in [0, 0.1) is 0 Å². The Hall–Kier alpha value is -0.870. The number of hydrogen-bond donors (Lipinski definition) is 1. The van der Waals surface area contributed by atoms with Gasteiger partial charge in [0.05, 0.1) is 6.54 Å². The van der Waals surface area contributed by atoms with Crippen LogP contribution in [0.25, 0.3) is 0 Å². The fraction of sp³-hybridized carbons (Fsp3) is 0.583. The third kappa shape index (κ3) is 1.99. The zero-order chi connectivity index (χ0) is 11.5. The highest BCUT2D eigenvalue weighted by Crippen LogP contribution is 2.28. The van der Waals surface area contributed by atoms with Gasteiger partial charge < -0.3 is 4.90 Å². The molecule has 1 aliphatic rings. The normalized spacial score (nSPS) is 21.1. The second-order valence-electron chi connectivity index (χ2n) is 4.11. The van der Waals surface area contributed by atoms with Gasteiger partial charge in [0.1, 0.15) is 6.17 Å². The Morgan fingerprint density at radius 1 is 1.56 bits per heavy atom. The van der Waals surface area contributed by atoms with Crippen LogP contribution in [-0.2, 0) is 4.79 Å². The largest absolute Gasteiger partial charge is 0.319 e. The van der Waals surface area contributed by atoms with Gasteiger partial charge in [-0.3, -0.25) is 10.1 Å². The first-order valence-corrected chi connectivity index (χ1v) is 6.78. The van der Waals surface area contributed by atoms with Gasteiger partial charge in [0, 0.05) is 6.04 Å². The van der Waals surface area contributed by atoms with Crippen LogP contribution in [0.4, 0.5) is 0 Å². The second-order valence-corrected chi connectivity index (χ2v) is 4.89. The summed E-state index contributed by atoms with van der Waals surface area (Å²) >= 11 is 1.68. The van der Waals surface area contributed by atoms with Gasteiger partial charge in [-0.15, -0.1) is 0 Å². The number of amides is 1. The average Bonchev–Trinajstić information content (AvgIpc) is 2.91. The molecular weight excluding hydrogens is 220 g/mol. The van der Waals surface area contributed by atoms with Crippen LogP contribution in [0.1, 0.15) is 38.4 Å². The molecule has 1 N–H and O–H groups in total. The Kier molecular flexibility index (Phi) is 3.61. The lowest BCUT2D eigenvalue weighted by atomic mass is 10.1. The number of thiophene rings is 1. The van der Waals surface area contributed by atoms with E-state index in [4.69, 9.17) is 0 Å². The highest BCUT2D eigenvalue weighted by atomic mass is 32.1. The molecule has 0 radical (unpaired) electrons. The molecular formula is C12H18N2OS. The third-order valence-electron chi connectivity index (χ3n) is 3.21. The highest BCUT2D eigenvalue weighted by Gasteiger charge is 2.35. The van der Waals surface area contributed by atoms with Crippen molar-refractivity contribution in [1.29, 1.82) is 0 Å². The summed E-state index contributed by atoms with van der Waals surface area (Å²) < 4.78 is 0. The monoisotopic (exact) mass is 238 g/mol. The van der Waals surface area contributed by atoms with E-state index in [0.29, 0.717) is 12.6 Å². The number of hydrogen-bond acceptors (Lipinski definition) is 3. The Labute approximate surface area is 100 Å². The van der Waals surface area contributed by atoms with E-state index in [9.17, 15) is 4.79 Å². The van der Waals surface area contributed by atoms with Gasteiger partial charge >= 0.3 is 0 Å². The minimum absolute atomic E-state index is 0.0867. The van der Waals surface area contributed by atoms with E-state index in [1.807, 2.05) is 4.90 Å². The molecule has 0 aliphatic carbocycles. The molecule has 1 unspecified atom stereocenters. The van der Waals surface area contributed by atoms with E-state index in [1.54, 1.807) is 11.3 Å². The van der Waals surface area contributed by atoms with Crippen LogP contribution in [0.5, 0.6) is 0 Å². The molecule has 2 heterocycles. The van der Waals surface area contributed by atoms with Gasteiger partial charge in [-0.1, -0.05) is 13.8 Å². The number of nitrogens with zero attached hydrogens (tertiary/aromatic N) is 1. The zero-order valence-corrected chi connectivity index (χ0v) is 10.6. The SMILES string of the molecule is CCC(CC)N1C(=O)CNC1c1ccsc1. The number of nitrogens with one attached hydrogen (secondary N) is 1. The standard InChI is InChI=1S/C12H18N2OS/c1-3-10(4-2)14-11(15)7-13-12(14)9-5-6-16-8-9/h5-6,8,10,12-13H,3-4,7H2,1-2H3. The molecule has 0 aromatic carbocycles. The Balaban J connectivity index is 2.22. The quantitative estimate of drug-likeness (QED) is 0.873. The molecule has 1 saturated heterocycles. The Morgan fingerprint density at radius 2 is 2.31 bits per heavy atom. The molecule has 2 rings (SSSR count). The van der Waals surface area contributed by atoms with E-state index in [0.717, 1.165) is 12.8 Å². The maximum absolute atomic E-state index is 11.9. The van der Waals surface area contributed by atoms with Gasteiger partial charge in [-0.25, -0.2) is 0 Å². The lowest BCUT2D eigenvalue weighted by molar-refractivity contribution is -0.130. The molecule has 1 aliphatic heterocycles. The minimum atomic E-state index is 0.0867. The summed E-state index contributed by atoms with van der Waals surface area (Å²) in [6.07, 6.45) is 2.12. The maximum Gasteiger partial charge on any atom is 0.238 e. The van der Waals surface area contributed by atoms with Gasteiger partial charge in [0.25, 0.3) is 0 Å². The van der Waals surface area contributed by atoms with Crippen LogP contribution < -0.4 is 5.32 Å². The maximum atomic E-state index is 11.9. The molecule has 1 aromatic heterocycles. The second kappa shape index (κ2) is 4.97. The smallest absolute Gasteiger partial charge is 0.238 e. The molecule has 0 saturated carbocycles. The van der Waals surface area contributed by atoms with Crippen LogP contribution in [-0.4, -0.2) is 23.4 Å². The first-order chi connectivity index (χ1) is 7.77. The summed E-state index contributed by atoms with van der Waals surface area (Å²) in [5, 5.41) is 7.47. The van der Waals surface area contributed by atoms with E-state index in [2.05, 4.69) is 36.0 Å². The molecule has 0 bridgehead atoms. The van der Waals surface area contributed by atoms with Crippen LogP contribution in [0.3, 0.4) is 0 Å².